The van der Waals surface area contributed by atoms with E-state index in [4.69, 9.17) is 0 Å². The Morgan fingerprint density at radius 2 is 1.75 bits per heavy atom. The van der Waals surface area contributed by atoms with Crippen molar-refractivity contribution in [2.75, 3.05) is 11.9 Å². The van der Waals surface area contributed by atoms with Gasteiger partial charge in [-0.05, 0) is 36.6 Å². The van der Waals surface area contributed by atoms with E-state index < -0.39 is 0 Å². The highest BCUT2D eigenvalue weighted by atomic mass is 14.9. The first-order chi connectivity index (χ1) is 7.97. The van der Waals surface area contributed by atoms with Gasteiger partial charge in [-0.15, -0.1) is 0 Å². The number of rotatable bonds is 0. The number of benzene rings is 1. The zero-order valence-corrected chi connectivity index (χ0v) is 9.26. The maximum Gasteiger partial charge on any atom is 0.0372 e. The van der Waals surface area contributed by atoms with E-state index in [1.807, 2.05) is 18.2 Å². The molecule has 3 rings (SSSR count). The zero-order chi connectivity index (χ0) is 11.1. The number of nitrogens with one attached hydrogen (secondary N) is 1. The summed E-state index contributed by atoms with van der Waals surface area (Å²) in [6.45, 7) is 1.14. The van der Waals surface area contributed by atoms with Gasteiger partial charge >= 0.3 is 0 Å². The number of pyridine rings is 1. The van der Waals surface area contributed by atoms with Crippen LogP contribution in [-0.2, 0) is 6.42 Å². The SMILES string of the molecule is c1ccc2c(c1)CCCN2.c1ccncc1. The van der Waals surface area contributed by atoms with Crippen LogP contribution in [0, 0.1) is 0 Å². The van der Waals surface area contributed by atoms with E-state index in [0.717, 1.165) is 6.54 Å². The lowest BCUT2D eigenvalue weighted by atomic mass is 10.0. The van der Waals surface area contributed by atoms with Gasteiger partial charge in [0.05, 0.1) is 0 Å². The highest BCUT2D eigenvalue weighted by molar-refractivity contribution is 5.52. The smallest absolute Gasteiger partial charge is 0.0372 e. The summed E-state index contributed by atoms with van der Waals surface area (Å²) >= 11 is 0. The number of hydrogen-bond donors (Lipinski definition) is 1. The van der Waals surface area contributed by atoms with Crippen LogP contribution in [0.2, 0.25) is 0 Å². The quantitative estimate of drug-likeness (QED) is 0.725. The third kappa shape index (κ3) is 3.09. The second-order valence-corrected chi connectivity index (χ2v) is 3.71. The third-order valence-corrected chi connectivity index (χ3v) is 2.52. The minimum atomic E-state index is 1.14. The van der Waals surface area contributed by atoms with E-state index in [1.54, 1.807) is 12.4 Å². The van der Waals surface area contributed by atoms with E-state index in [9.17, 15) is 0 Å². The Kier molecular flexibility index (Phi) is 3.94. The molecular weight excluding hydrogens is 196 g/mol. The molecule has 16 heavy (non-hydrogen) atoms. The van der Waals surface area contributed by atoms with Crippen LogP contribution in [0.1, 0.15) is 12.0 Å². The van der Waals surface area contributed by atoms with E-state index in [-0.39, 0.29) is 0 Å². The Hall–Kier alpha value is -1.83. The highest BCUT2D eigenvalue weighted by Gasteiger charge is 2.04. The van der Waals surface area contributed by atoms with Gasteiger partial charge in [0, 0.05) is 24.6 Å². The predicted octanol–water partition coefficient (Wildman–Crippen LogP) is 3.13. The topological polar surface area (TPSA) is 24.9 Å². The molecule has 1 aromatic carbocycles. The van der Waals surface area contributed by atoms with Gasteiger partial charge < -0.3 is 5.32 Å². The van der Waals surface area contributed by atoms with Crippen molar-refractivity contribution in [3.63, 3.8) is 0 Å². The molecule has 0 radical (unpaired) electrons. The fourth-order valence-corrected chi connectivity index (χ4v) is 1.73. The van der Waals surface area contributed by atoms with E-state index >= 15 is 0 Å². The monoisotopic (exact) mass is 212 g/mol. The largest absolute Gasteiger partial charge is 0.385 e. The van der Waals surface area contributed by atoms with Gasteiger partial charge in [-0.25, -0.2) is 0 Å². The number of para-hydroxylation sites is 1. The average molecular weight is 212 g/mol. The molecule has 0 aliphatic carbocycles. The van der Waals surface area contributed by atoms with Gasteiger partial charge in [0.2, 0.25) is 0 Å². The average Bonchev–Trinajstić information content (AvgIpc) is 2.42. The fourth-order valence-electron chi connectivity index (χ4n) is 1.73. The summed E-state index contributed by atoms with van der Waals surface area (Å²) in [5.41, 5.74) is 2.79. The third-order valence-electron chi connectivity index (χ3n) is 2.52. The second-order valence-electron chi connectivity index (χ2n) is 3.71. The normalized spacial score (nSPS) is 12.8. The molecule has 1 N–H and O–H groups in total. The van der Waals surface area contributed by atoms with Gasteiger partial charge in [-0.1, -0.05) is 24.3 Å². The van der Waals surface area contributed by atoms with Crippen LogP contribution in [0.4, 0.5) is 5.69 Å². The standard InChI is InChI=1S/C9H11N.C5H5N/c1-2-6-9-8(4-1)5-3-7-10-9;1-2-4-6-5-3-1/h1-2,4,6,10H,3,5,7H2;1-5H. The second kappa shape index (κ2) is 5.91. The Balaban J connectivity index is 0.000000138. The maximum absolute atomic E-state index is 3.78. The molecule has 82 valence electrons. The first-order valence-electron chi connectivity index (χ1n) is 5.63. The van der Waals surface area contributed by atoms with Gasteiger partial charge in [-0.3, -0.25) is 4.98 Å². The van der Waals surface area contributed by atoms with Crippen LogP contribution in [-0.4, -0.2) is 11.5 Å². The van der Waals surface area contributed by atoms with Gasteiger partial charge in [0.25, 0.3) is 0 Å². The molecule has 0 amide bonds. The number of nitrogens with zero attached hydrogens (tertiary/aromatic N) is 1. The van der Waals surface area contributed by atoms with Crippen LogP contribution < -0.4 is 5.32 Å². The number of aryl methyl sites for hydroxylation is 1. The molecule has 1 aromatic heterocycles. The molecule has 2 nitrogen and oxygen atoms in total. The van der Waals surface area contributed by atoms with Crippen LogP contribution in [0.3, 0.4) is 0 Å². The first kappa shape index (κ1) is 10.7. The van der Waals surface area contributed by atoms with Crippen molar-refractivity contribution in [1.29, 1.82) is 0 Å². The summed E-state index contributed by atoms with van der Waals surface area (Å²) in [7, 11) is 0. The Labute approximate surface area is 96.4 Å². The van der Waals surface area contributed by atoms with Gasteiger partial charge in [0.15, 0.2) is 0 Å². The zero-order valence-electron chi connectivity index (χ0n) is 9.26. The first-order valence-corrected chi connectivity index (χ1v) is 5.63. The Bertz CT molecular complexity index is 360. The molecule has 0 bridgehead atoms. The molecule has 0 spiro atoms. The van der Waals surface area contributed by atoms with Crippen molar-refractivity contribution in [2.24, 2.45) is 0 Å². The summed E-state index contributed by atoms with van der Waals surface area (Å²) in [4.78, 5) is 3.78. The van der Waals surface area contributed by atoms with Crippen molar-refractivity contribution in [2.45, 2.75) is 12.8 Å². The minimum absolute atomic E-state index is 1.14. The summed E-state index contributed by atoms with van der Waals surface area (Å²) in [5, 5.41) is 3.36. The molecule has 1 aliphatic rings. The molecular formula is C14H16N2. The molecule has 1 aliphatic heterocycles. The van der Waals surface area contributed by atoms with Crippen molar-refractivity contribution in [3.05, 3.63) is 60.4 Å². The summed E-state index contributed by atoms with van der Waals surface area (Å²) in [6, 6.07) is 14.2. The lowest BCUT2D eigenvalue weighted by molar-refractivity contribution is 0.830. The molecule has 2 heterocycles. The number of anilines is 1. The van der Waals surface area contributed by atoms with Gasteiger partial charge in [0.1, 0.15) is 0 Å². The van der Waals surface area contributed by atoms with E-state index in [2.05, 4.69) is 34.6 Å². The number of hydrogen-bond acceptors (Lipinski definition) is 2. The predicted molar refractivity (Wildman–Crippen MR) is 67.5 cm³/mol. The fraction of sp³-hybridized carbons (Fsp3) is 0.214. The van der Waals surface area contributed by atoms with E-state index in [1.165, 1.54) is 24.1 Å². The van der Waals surface area contributed by atoms with Crippen LogP contribution in [0.5, 0.6) is 0 Å². The Morgan fingerprint density at radius 1 is 0.938 bits per heavy atom. The van der Waals surface area contributed by atoms with Crippen LogP contribution in [0.25, 0.3) is 0 Å². The molecule has 2 aromatic rings. The van der Waals surface area contributed by atoms with Crippen molar-refractivity contribution in [1.82, 2.24) is 4.98 Å². The molecule has 0 saturated carbocycles. The van der Waals surface area contributed by atoms with E-state index in [0.29, 0.717) is 0 Å². The summed E-state index contributed by atoms with van der Waals surface area (Å²) in [6.07, 6.45) is 6.01. The highest BCUT2D eigenvalue weighted by Crippen LogP contribution is 2.20. The molecule has 0 fully saturated rings. The van der Waals surface area contributed by atoms with Crippen molar-refractivity contribution in [3.8, 4) is 0 Å². The molecule has 0 atom stereocenters. The molecule has 0 saturated heterocycles. The molecule has 0 unspecified atom stereocenters. The minimum Gasteiger partial charge on any atom is -0.385 e. The van der Waals surface area contributed by atoms with Gasteiger partial charge in [-0.2, -0.15) is 0 Å². The van der Waals surface area contributed by atoms with Crippen LogP contribution >= 0.6 is 0 Å². The summed E-state index contributed by atoms with van der Waals surface area (Å²) in [5.74, 6) is 0. The van der Waals surface area contributed by atoms with Crippen molar-refractivity contribution >= 4 is 5.69 Å². The Morgan fingerprint density at radius 3 is 2.38 bits per heavy atom. The van der Waals surface area contributed by atoms with Crippen molar-refractivity contribution < 1.29 is 0 Å². The number of aromatic nitrogens is 1. The number of fused-ring (bicyclic) bond motifs is 1. The van der Waals surface area contributed by atoms with Crippen LogP contribution in [0.15, 0.2) is 54.9 Å². The lowest BCUT2D eigenvalue weighted by Gasteiger charge is -2.16. The maximum atomic E-state index is 3.78. The molecule has 2 heteroatoms. The summed E-state index contributed by atoms with van der Waals surface area (Å²) < 4.78 is 0. The lowest BCUT2D eigenvalue weighted by Crippen LogP contribution is -2.10.